The van der Waals surface area contributed by atoms with Gasteiger partial charge in [-0.3, -0.25) is 4.79 Å². The predicted molar refractivity (Wildman–Crippen MR) is 114 cm³/mol. The number of carbonyl (C=O) groups excluding carboxylic acids is 1. The number of halogens is 1. The van der Waals surface area contributed by atoms with Gasteiger partial charge in [-0.05, 0) is 69.3 Å². The van der Waals surface area contributed by atoms with E-state index in [-0.39, 0.29) is 5.92 Å². The van der Waals surface area contributed by atoms with Crippen molar-refractivity contribution < 1.29 is 9.21 Å². The summed E-state index contributed by atoms with van der Waals surface area (Å²) < 4.78 is 5.94. The summed E-state index contributed by atoms with van der Waals surface area (Å²) in [5.41, 5.74) is 1.95. The van der Waals surface area contributed by atoms with Crippen LogP contribution in [0.25, 0.3) is 11.1 Å². The molecule has 1 spiro atoms. The van der Waals surface area contributed by atoms with E-state index in [0.717, 1.165) is 56.4 Å². The molecule has 5 rings (SSSR count). The summed E-state index contributed by atoms with van der Waals surface area (Å²) in [6, 6.07) is 6.09. The van der Waals surface area contributed by atoms with E-state index in [2.05, 4.69) is 26.7 Å². The first-order valence-electron chi connectivity index (χ1n) is 10.8. The first-order valence-corrected chi connectivity index (χ1v) is 11.2. The Bertz CT molecular complexity index is 905. The lowest BCUT2D eigenvalue weighted by molar-refractivity contribution is -0.138. The summed E-state index contributed by atoms with van der Waals surface area (Å²) in [7, 11) is 2.21. The van der Waals surface area contributed by atoms with Crippen LogP contribution in [0, 0.1) is 11.3 Å². The Morgan fingerprint density at radius 3 is 2.76 bits per heavy atom. The van der Waals surface area contributed by atoms with Crippen LogP contribution >= 0.6 is 11.6 Å². The van der Waals surface area contributed by atoms with Crippen LogP contribution in [0.15, 0.2) is 22.6 Å². The highest BCUT2D eigenvalue weighted by Crippen LogP contribution is 2.40. The van der Waals surface area contributed by atoms with E-state index in [0.29, 0.717) is 28.9 Å². The fraction of sp³-hybridized carbons (Fsp3) is 0.636. The van der Waals surface area contributed by atoms with Crippen LogP contribution in [0.3, 0.4) is 0 Å². The van der Waals surface area contributed by atoms with Crippen LogP contribution in [-0.4, -0.2) is 67.0 Å². The summed E-state index contributed by atoms with van der Waals surface area (Å²) in [6.45, 7) is 5.76. The van der Waals surface area contributed by atoms with Crippen molar-refractivity contribution in [2.75, 3.05) is 51.2 Å². The number of likely N-dealkylation sites (tertiary alicyclic amines) is 2. The van der Waals surface area contributed by atoms with Crippen molar-refractivity contribution >= 4 is 34.6 Å². The third-order valence-electron chi connectivity index (χ3n) is 7.14. The molecule has 3 fully saturated rings. The van der Waals surface area contributed by atoms with Gasteiger partial charge in [0.25, 0.3) is 6.01 Å². The minimum atomic E-state index is 0.0302. The Balaban J connectivity index is 1.24. The van der Waals surface area contributed by atoms with Gasteiger partial charge in [0.1, 0.15) is 5.52 Å². The van der Waals surface area contributed by atoms with E-state index in [1.54, 1.807) is 0 Å². The van der Waals surface area contributed by atoms with Crippen LogP contribution in [0.5, 0.6) is 0 Å². The van der Waals surface area contributed by atoms with Crippen molar-refractivity contribution in [3.05, 3.63) is 23.2 Å². The second-order valence-corrected chi connectivity index (χ2v) is 9.64. The number of carbonyl (C=O) groups is 1. The fourth-order valence-corrected chi connectivity index (χ4v) is 5.57. The maximum Gasteiger partial charge on any atom is 0.298 e. The number of hydrogen-bond acceptors (Lipinski definition) is 5. The van der Waals surface area contributed by atoms with Gasteiger partial charge in [0, 0.05) is 37.7 Å². The Morgan fingerprint density at radius 2 is 2.00 bits per heavy atom. The molecule has 156 valence electrons. The molecular formula is C22H29ClN4O2. The normalized spacial score (nSPS) is 25.2. The number of hydrogen-bond donors (Lipinski definition) is 0. The number of fused-ring (bicyclic) bond motifs is 1. The first kappa shape index (κ1) is 19.2. The second-order valence-electron chi connectivity index (χ2n) is 9.21. The molecule has 7 heteroatoms. The molecule has 0 aliphatic carbocycles. The van der Waals surface area contributed by atoms with Gasteiger partial charge in [0.15, 0.2) is 5.58 Å². The van der Waals surface area contributed by atoms with Crippen LogP contribution < -0.4 is 4.90 Å². The predicted octanol–water partition coefficient (Wildman–Crippen LogP) is 3.64. The van der Waals surface area contributed by atoms with Crippen molar-refractivity contribution in [1.82, 2.24) is 14.8 Å². The number of oxazole rings is 1. The quantitative estimate of drug-likeness (QED) is 0.748. The highest BCUT2D eigenvalue weighted by atomic mass is 35.5. The molecule has 1 atom stereocenters. The maximum absolute atomic E-state index is 13.2. The summed E-state index contributed by atoms with van der Waals surface area (Å²) in [4.78, 5) is 24.5. The lowest BCUT2D eigenvalue weighted by atomic mass is 9.77. The Labute approximate surface area is 176 Å². The number of benzene rings is 1. The summed E-state index contributed by atoms with van der Waals surface area (Å²) >= 11 is 6.07. The Kier molecular flexibility index (Phi) is 4.95. The van der Waals surface area contributed by atoms with E-state index >= 15 is 0 Å². The molecule has 3 saturated heterocycles. The van der Waals surface area contributed by atoms with E-state index in [9.17, 15) is 4.79 Å². The number of piperidine rings is 2. The minimum Gasteiger partial charge on any atom is -0.423 e. The SMILES string of the molecule is CN1CCC2(CCN(C(=O)C3CCCN(c4nc5cc(Cl)ccc5o4)C3)CC2)C1. The average Bonchev–Trinajstić information content (AvgIpc) is 3.31. The third kappa shape index (κ3) is 3.73. The van der Waals surface area contributed by atoms with Crippen molar-refractivity contribution in [1.29, 1.82) is 0 Å². The Morgan fingerprint density at radius 1 is 1.21 bits per heavy atom. The fourth-order valence-electron chi connectivity index (χ4n) is 5.40. The summed E-state index contributed by atoms with van der Waals surface area (Å²) in [5, 5.41) is 0.653. The van der Waals surface area contributed by atoms with Crippen molar-refractivity contribution in [2.45, 2.75) is 32.1 Å². The van der Waals surface area contributed by atoms with Crippen LogP contribution in [0.1, 0.15) is 32.1 Å². The van der Waals surface area contributed by atoms with Gasteiger partial charge in [-0.15, -0.1) is 0 Å². The lowest BCUT2D eigenvalue weighted by Crippen LogP contribution is -2.49. The molecule has 0 saturated carbocycles. The van der Waals surface area contributed by atoms with E-state index in [1.807, 2.05) is 18.2 Å². The molecule has 3 aliphatic rings. The molecule has 6 nitrogen and oxygen atoms in total. The highest BCUT2D eigenvalue weighted by molar-refractivity contribution is 6.31. The number of rotatable bonds is 2. The van der Waals surface area contributed by atoms with Crippen molar-refractivity contribution in [3.63, 3.8) is 0 Å². The molecule has 0 N–H and O–H groups in total. The van der Waals surface area contributed by atoms with Gasteiger partial charge in [0.2, 0.25) is 5.91 Å². The molecule has 1 aromatic heterocycles. The summed E-state index contributed by atoms with van der Waals surface area (Å²) in [6.07, 6.45) is 5.51. The van der Waals surface area contributed by atoms with Gasteiger partial charge in [0.05, 0.1) is 5.92 Å². The van der Waals surface area contributed by atoms with Gasteiger partial charge >= 0.3 is 0 Å². The van der Waals surface area contributed by atoms with Gasteiger partial charge < -0.3 is 19.1 Å². The molecule has 1 unspecified atom stereocenters. The van der Waals surface area contributed by atoms with Gasteiger partial charge in [-0.25, -0.2) is 0 Å². The molecule has 1 amide bonds. The smallest absolute Gasteiger partial charge is 0.298 e. The highest BCUT2D eigenvalue weighted by Gasteiger charge is 2.41. The number of nitrogens with zero attached hydrogens (tertiary/aromatic N) is 4. The largest absolute Gasteiger partial charge is 0.423 e. The van der Waals surface area contributed by atoms with Gasteiger partial charge in [-0.1, -0.05) is 11.6 Å². The molecule has 0 bridgehead atoms. The molecule has 0 radical (unpaired) electrons. The molecule has 29 heavy (non-hydrogen) atoms. The van der Waals surface area contributed by atoms with E-state index in [4.69, 9.17) is 16.0 Å². The van der Waals surface area contributed by atoms with Crippen molar-refractivity contribution in [3.8, 4) is 0 Å². The topological polar surface area (TPSA) is 52.8 Å². The number of anilines is 1. The second kappa shape index (κ2) is 7.47. The summed E-state index contributed by atoms with van der Waals surface area (Å²) in [5.74, 6) is 0.345. The standard InChI is InChI=1S/C22H29ClN4O2/c1-25-10-6-22(15-25)7-11-26(12-8-22)20(28)16-3-2-9-27(14-16)21-24-18-13-17(23)4-5-19(18)29-21/h4-5,13,16H,2-3,6-12,14-15H2,1H3. The van der Waals surface area contributed by atoms with E-state index < -0.39 is 0 Å². The molecule has 4 heterocycles. The third-order valence-corrected chi connectivity index (χ3v) is 7.38. The van der Waals surface area contributed by atoms with Crippen molar-refractivity contribution in [2.24, 2.45) is 11.3 Å². The molecular weight excluding hydrogens is 388 g/mol. The zero-order chi connectivity index (χ0) is 20.0. The average molecular weight is 417 g/mol. The zero-order valence-electron chi connectivity index (χ0n) is 17.1. The monoisotopic (exact) mass is 416 g/mol. The first-order chi connectivity index (χ1) is 14.0. The van der Waals surface area contributed by atoms with Crippen LogP contribution in [0.4, 0.5) is 6.01 Å². The number of amides is 1. The number of aromatic nitrogens is 1. The molecule has 1 aromatic carbocycles. The Hall–Kier alpha value is -1.79. The van der Waals surface area contributed by atoms with Crippen LogP contribution in [-0.2, 0) is 4.79 Å². The lowest BCUT2D eigenvalue weighted by Gasteiger charge is -2.41. The molecule has 2 aromatic rings. The van der Waals surface area contributed by atoms with Crippen LogP contribution in [0.2, 0.25) is 5.02 Å². The van der Waals surface area contributed by atoms with E-state index in [1.165, 1.54) is 19.5 Å². The maximum atomic E-state index is 13.2. The zero-order valence-corrected chi connectivity index (χ0v) is 17.8. The molecule has 3 aliphatic heterocycles. The minimum absolute atomic E-state index is 0.0302. The van der Waals surface area contributed by atoms with Gasteiger partial charge in [-0.2, -0.15) is 4.98 Å².